The number of hydrogen-bond donors (Lipinski definition) is 0. The molecule has 0 N–H and O–H groups in total. The van der Waals surface area contributed by atoms with Crippen molar-refractivity contribution in [2.75, 3.05) is 6.54 Å². The van der Waals surface area contributed by atoms with E-state index < -0.39 is 0 Å². The molecule has 20 heavy (non-hydrogen) atoms. The summed E-state index contributed by atoms with van der Waals surface area (Å²) in [6.07, 6.45) is 5.49. The Morgan fingerprint density at radius 1 is 1.15 bits per heavy atom. The smallest absolute Gasteiger partial charge is 0.234 e. The third kappa shape index (κ3) is 2.60. The number of allylic oxidation sites excluding steroid dienone is 3. The van der Waals surface area contributed by atoms with Crippen molar-refractivity contribution in [1.82, 2.24) is 4.90 Å². The second kappa shape index (κ2) is 5.73. The molecular formula is C16H21NO3. The highest BCUT2D eigenvalue weighted by atomic mass is 16.2. The molecule has 1 aliphatic carbocycles. The Labute approximate surface area is 119 Å². The molecule has 0 saturated heterocycles. The van der Waals surface area contributed by atoms with Gasteiger partial charge in [0.25, 0.3) is 0 Å². The van der Waals surface area contributed by atoms with Gasteiger partial charge in [0.15, 0.2) is 5.78 Å². The normalized spacial score (nSPS) is 25.4. The molecule has 0 aromatic carbocycles. The van der Waals surface area contributed by atoms with Crippen LogP contribution in [-0.2, 0) is 14.4 Å². The van der Waals surface area contributed by atoms with Crippen LogP contribution in [0.15, 0.2) is 23.4 Å². The summed E-state index contributed by atoms with van der Waals surface area (Å²) in [5.41, 5.74) is 1.85. The Kier molecular flexibility index (Phi) is 4.21. The van der Waals surface area contributed by atoms with Crippen molar-refractivity contribution in [3.05, 3.63) is 23.4 Å². The van der Waals surface area contributed by atoms with Gasteiger partial charge in [-0.3, -0.25) is 9.59 Å². The minimum Gasteiger partial charge on any atom is -0.315 e. The number of rotatable bonds is 5. The molecule has 2 unspecified atom stereocenters. The van der Waals surface area contributed by atoms with Gasteiger partial charge in [-0.15, -0.1) is 0 Å². The molecular weight excluding hydrogens is 254 g/mol. The quantitative estimate of drug-likeness (QED) is 0.723. The fourth-order valence-corrected chi connectivity index (χ4v) is 2.90. The molecule has 0 radical (unpaired) electrons. The molecule has 0 aromatic rings. The zero-order valence-corrected chi connectivity index (χ0v) is 12.3. The number of amides is 1. The first-order chi connectivity index (χ1) is 9.43. The topological polar surface area (TPSA) is 54.5 Å². The zero-order chi connectivity index (χ0) is 14.9. The van der Waals surface area contributed by atoms with Gasteiger partial charge in [0, 0.05) is 18.7 Å². The average Bonchev–Trinajstić information content (AvgIpc) is 2.64. The van der Waals surface area contributed by atoms with Crippen molar-refractivity contribution in [2.45, 2.75) is 40.0 Å². The number of Topliss-reactive ketones (excluding diaryl/α,β-unsaturated/α-hetero) is 1. The molecule has 0 fully saturated rings. The van der Waals surface area contributed by atoms with E-state index >= 15 is 0 Å². The summed E-state index contributed by atoms with van der Waals surface area (Å²) in [6.45, 7) is 5.92. The minimum absolute atomic E-state index is 0.0550. The summed E-state index contributed by atoms with van der Waals surface area (Å²) < 4.78 is 0. The van der Waals surface area contributed by atoms with Crippen molar-refractivity contribution in [2.24, 2.45) is 11.8 Å². The largest absolute Gasteiger partial charge is 0.315 e. The van der Waals surface area contributed by atoms with E-state index in [-0.39, 0.29) is 29.3 Å². The van der Waals surface area contributed by atoms with E-state index in [2.05, 4.69) is 0 Å². The maximum absolute atomic E-state index is 12.3. The van der Waals surface area contributed by atoms with E-state index in [0.29, 0.717) is 13.0 Å². The van der Waals surface area contributed by atoms with Gasteiger partial charge in [-0.2, -0.15) is 0 Å². The van der Waals surface area contributed by atoms with Gasteiger partial charge < -0.3 is 9.69 Å². The predicted octanol–water partition coefficient (Wildman–Crippen LogP) is 2.25. The van der Waals surface area contributed by atoms with Crippen LogP contribution in [0.1, 0.15) is 40.0 Å². The van der Waals surface area contributed by atoms with Gasteiger partial charge in [-0.25, -0.2) is 0 Å². The number of unbranched alkanes of at least 4 members (excludes halogenated alkanes) is 1. The van der Waals surface area contributed by atoms with Crippen LogP contribution in [0.5, 0.6) is 0 Å². The third-order valence-electron chi connectivity index (χ3n) is 4.11. The lowest BCUT2D eigenvalue weighted by Crippen LogP contribution is -2.32. The molecule has 2 aliphatic rings. The lowest BCUT2D eigenvalue weighted by molar-refractivity contribution is -0.130. The zero-order valence-electron chi connectivity index (χ0n) is 12.3. The highest BCUT2D eigenvalue weighted by Gasteiger charge is 2.40. The number of carbonyl (C=O) groups excluding carboxylic acids is 3. The second-order valence-electron chi connectivity index (χ2n) is 5.67. The molecule has 1 aliphatic heterocycles. The first kappa shape index (κ1) is 14.7. The monoisotopic (exact) mass is 275 g/mol. The minimum atomic E-state index is -0.239. The summed E-state index contributed by atoms with van der Waals surface area (Å²) in [6, 6.07) is 0. The number of hydrogen-bond acceptors (Lipinski definition) is 3. The Balaban J connectivity index is 2.10. The SMILES string of the molecule is CC(=O)CCCCN1C(=O)C(C)C2=C1C(C)C(=O)C=C2. The Morgan fingerprint density at radius 2 is 1.85 bits per heavy atom. The van der Waals surface area contributed by atoms with Crippen LogP contribution in [0.4, 0.5) is 0 Å². The van der Waals surface area contributed by atoms with Crippen LogP contribution >= 0.6 is 0 Å². The van der Waals surface area contributed by atoms with Gasteiger partial charge in [-0.05, 0) is 45.3 Å². The van der Waals surface area contributed by atoms with Gasteiger partial charge in [0.05, 0.1) is 11.8 Å². The van der Waals surface area contributed by atoms with Gasteiger partial charge in [-0.1, -0.05) is 6.08 Å². The van der Waals surface area contributed by atoms with Crippen molar-refractivity contribution in [1.29, 1.82) is 0 Å². The summed E-state index contributed by atoms with van der Waals surface area (Å²) in [5.74, 6) is -0.0973. The fraction of sp³-hybridized carbons (Fsp3) is 0.562. The van der Waals surface area contributed by atoms with Crippen molar-refractivity contribution >= 4 is 17.5 Å². The Hall–Kier alpha value is -1.71. The lowest BCUT2D eigenvalue weighted by atomic mass is 9.89. The van der Waals surface area contributed by atoms with Crippen molar-refractivity contribution in [3.8, 4) is 0 Å². The highest BCUT2D eigenvalue weighted by Crippen LogP contribution is 2.37. The average molecular weight is 275 g/mol. The fourth-order valence-electron chi connectivity index (χ4n) is 2.90. The van der Waals surface area contributed by atoms with Crippen LogP contribution in [0.3, 0.4) is 0 Å². The molecule has 4 nitrogen and oxygen atoms in total. The maximum atomic E-state index is 12.3. The molecule has 2 rings (SSSR count). The van der Waals surface area contributed by atoms with E-state index in [0.717, 1.165) is 24.1 Å². The molecule has 0 saturated carbocycles. The molecule has 1 heterocycles. The number of nitrogens with zero attached hydrogens (tertiary/aromatic N) is 1. The van der Waals surface area contributed by atoms with Gasteiger partial charge in [0.2, 0.25) is 5.91 Å². The molecule has 0 bridgehead atoms. The lowest BCUT2D eigenvalue weighted by Gasteiger charge is -2.25. The molecule has 108 valence electrons. The third-order valence-corrected chi connectivity index (χ3v) is 4.11. The highest BCUT2D eigenvalue weighted by molar-refractivity contribution is 5.99. The van der Waals surface area contributed by atoms with Crippen LogP contribution in [0.2, 0.25) is 0 Å². The first-order valence-corrected chi connectivity index (χ1v) is 7.20. The molecule has 0 spiro atoms. The Bertz CT molecular complexity index is 516. The summed E-state index contributed by atoms with van der Waals surface area (Å²) in [4.78, 5) is 36.8. The van der Waals surface area contributed by atoms with Crippen LogP contribution < -0.4 is 0 Å². The van der Waals surface area contributed by atoms with Crippen molar-refractivity contribution < 1.29 is 14.4 Å². The van der Waals surface area contributed by atoms with E-state index in [1.165, 1.54) is 0 Å². The summed E-state index contributed by atoms with van der Waals surface area (Å²) in [5, 5.41) is 0. The van der Waals surface area contributed by atoms with Crippen LogP contribution in [-0.4, -0.2) is 28.9 Å². The predicted molar refractivity (Wildman–Crippen MR) is 75.7 cm³/mol. The molecule has 0 aromatic heterocycles. The van der Waals surface area contributed by atoms with E-state index in [1.807, 2.05) is 13.8 Å². The van der Waals surface area contributed by atoms with Crippen LogP contribution in [0.25, 0.3) is 0 Å². The molecule has 2 atom stereocenters. The van der Waals surface area contributed by atoms with Crippen LogP contribution in [0, 0.1) is 11.8 Å². The summed E-state index contributed by atoms with van der Waals surface area (Å²) >= 11 is 0. The second-order valence-corrected chi connectivity index (χ2v) is 5.67. The molecule has 4 heteroatoms. The van der Waals surface area contributed by atoms with Gasteiger partial charge >= 0.3 is 0 Å². The number of ketones is 2. The first-order valence-electron chi connectivity index (χ1n) is 7.20. The van der Waals surface area contributed by atoms with Crippen molar-refractivity contribution in [3.63, 3.8) is 0 Å². The van der Waals surface area contributed by atoms with E-state index in [1.54, 1.807) is 24.0 Å². The van der Waals surface area contributed by atoms with E-state index in [9.17, 15) is 14.4 Å². The van der Waals surface area contributed by atoms with E-state index in [4.69, 9.17) is 0 Å². The standard InChI is InChI=1S/C16H21NO3/c1-10(18)6-4-5-9-17-15-12(3)14(19)8-7-13(15)11(2)16(17)20/h7-8,11-12H,4-6,9H2,1-3H3. The number of carbonyl (C=O) groups is 3. The summed E-state index contributed by atoms with van der Waals surface area (Å²) in [7, 11) is 0. The Morgan fingerprint density at radius 3 is 2.50 bits per heavy atom. The molecule has 1 amide bonds. The van der Waals surface area contributed by atoms with Gasteiger partial charge in [0.1, 0.15) is 5.78 Å². The maximum Gasteiger partial charge on any atom is 0.234 e.